The molecule has 92 valence electrons. The molecule has 0 bridgehead atoms. The molecule has 2 aliphatic carbocycles. The van der Waals surface area contributed by atoms with Gasteiger partial charge in [-0.05, 0) is 63.5 Å². The number of likely N-dealkylation sites (tertiary alicyclic amines) is 1. The molecule has 1 aliphatic heterocycles. The van der Waals surface area contributed by atoms with Crippen LogP contribution in [0.5, 0.6) is 0 Å². The van der Waals surface area contributed by atoms with E-state index in [0.29, 0.717) is 0 Å². The maximum absolute atomic E-state index is 3.60. The summed E-state index contributed by atoms with van der Waals surface area (Å²) >= 11 is 0. The fourth-order valence-electron chi connectivity index (χ4n) is 3.57. The third-order valence-electron chi connectivity index (χ3n) is 4.71. The van der Waals surface area contributed by atoms with Crippen molar-refractivity contribution in [3.8, 4) is 0 Å². The molecule has 0 radical (unpaired) electrons. The maximum atomic E-state index is 3.60. The Hall–Kier alpha value is -0.0800. The highest BCUT2D eigenvalue weighted by molar-refractivity contribution is 4.88. The molecule has 16 heavy (non-hydrogen) atoms. The minimum atomic E-state index is 0.895. The van der Waals surface area contributed by atoms with Gasteiger partial charge < -0.3 is 10.2 Å². The summed E-state index contributed by atoms with van der Waals surface area (Å²) in [6, 6.07) is 0.895. The highest BCUT2D eigenvalue weighted by atomic mass is 15.2. The number of nitrogens with one attached hydrogen (secondary N) is 1. The summed E-state index contributed by atoms with van der Waals surface area (Å²) in [7, 11) is 0. The Labute approximate surface area is 99.8 Å². The molecule has 2 nitrogen and oxygen atoms in total. The third kappa shape index (κ3) is 2.78. The van der Waals surface area contributed by atoms with Crippen molar-refractivity contribution in [2.75, 3.05) is 26.2 Å². The second-order valence-electron chi connectivity index (χ2n) is 6.15. The fourth-order valence-corrected chi connectivity index (χ4v) is 3.57. The molecule has 2 unspecified atom stereocenters. The van der Waals surface area contributed by atoms with Gasteiger partial charge in [-0.25, -0.2) is 0 Å². The average molecular weight is 222 g/mol. The molecule has 2 heteroatoms. The van der Waals surface area contributed by atoms with E-state index in [0.717, 1.165) is 17.9 Å². The summed E-state index contributed by atoms with van der Waals surface area (Å²) < 4.78 is 0. The van der Waals surface area contributed by atoms with Crippen LogP contribution in [0.4, 0.5) is 0 Å². The summed E-state index contributed by atoms with van der Waals surface area (Å²) in [6.45, 7) is 5.45. The Morgan fingerprint density at radius 1 is 0.938 bits per heavy atom. The van der Waals surface area contributed by atoms with Crippen LogP contribution in [0.15, 0.2) is 0 Å². The highest BCUT2D eigenvalue weighted by Crippen LogP contribution is 2.37. The Morgan fingerprint density at radius 2 is 1.69 bits per heavy atom. The Morgan fingerprint density at radius 3 is 2.38 bits per heavy atom. The van der Waals surface area contributed by atoms with Crippen molar-refractivity contribution >= 4 is 0 Å². The lowest BCUT2D eigenvalue weighted by Gasteiger charge is -2.16. The molecule has 3 aliphatic rings. The normalized spacial score (nSPS) is 34.5. The van der Waals surface area contributed by atoms with Crippen LogP contribution >= 0.6 is 0 Å². The van der Waals surface area contributed by atoms with E-state index in [1.807, 2.05) is 0 Å². The predicted octanol–water partition coefficient (Wildman–Crippen LogP) is 2.25. The zero-order valence-electron chi connectivity index (χ0n) is 10.5. The number of nitrogens with zero attached hydrogens (tertiary/aromatic N) is 1. The first-order valence-corrected chi connectivity index (χ1v) is 7.37. The summed E-state index contributed by atoms with van der Waals surface area (Å²) in [6.07, 6.45) is 10.2. The van der Waals surface area contributed by atoms with Crippen molar-refractivity contribution < 1.29 is 0 Å². The standard InChI is InChI=1S/C14H26N2/c1(8-15-14-6-7-14)2-9-16-10-12-4-3-5-13(12)11-16/h12-15H,1-11H2. The van der Waals surface area contributed by atoms with Gasteiger partial charge in [0.1, 0.15) is 0 Å². The van der Waals surface area contributed by atoms with E-state index in [-0.39, 0.29) is 0 Å². The molecule has 2 atom stereocenters. The van der Waals surface area contributed by atoms with Gasteiger partial charge in [0.2, 0.25) is 0 Å². The molecule has 0 spiro atoms. The number of hydrogen-bond donors (Lipinski definition) is 1. The molecule has 0 aromatic heterocycles. The lowest BCUT2D eigenvalue weighted by molar-refractivity contribution is 0.303. The van der Waals surface area contributed by atoms with Crippen LogP contribution in [-0.2, 0) is 0 Å². The van der Waals surface area contributed by atoms with Crippen molar-refractivity contribution in [1.82, 2.24) is 10.2 Å². The SMILES string of the molecule is C(CCN1CC2CCCC2C1)CNC1CC1. The first kappa shape index (κ1) is 11.0. The van der Waals surface area contributed by atoms with Crippen molar-refractivity contribution in [3.05, 3.63) is 0 Å². The Balaban J connectivity index is 1.25. The lowest BCUT2D eigenvalue weighted by atomic mass is 10.0. The first-order valence-electron chi connectivity index (χ1n) is 7.37. The molecule has 2 saturated carbocycles. The number of fused-ring (bicyclic) bond motifs is 1. The van der Waals surface area contributed by atoms with Gasteiger partial charge in [0.25, 0.3) is 0 Å². The van der Waals surface area contributed by atoms with E-state index < -0.39 is 0 Å². The Kier molecular flexibility index (Phi) is 3.49. The van der Waals surface area contributed by atoms with Crippen LogP contribution in [0.2, 0.25) is 0 Å². The summed E-state index contributed by atoms with van der Waals surface area (Å²) in [5, 5.41) is 3.60. The van der Waals surface area contributed by atoms with Gasteiger partial charge in [-0.2, -0.15) is 0 Å². The number of rotatable bonds is 6. The van der Waals surface area contributed by atoms with Gasteiger partial charge >= 0.3 is 0 Å². The molecule has 0 aromatic carbocycles. The van der Waals surface area contributed by atoms with Crippen LogP contribution in [0, 0.1) is 11.8 Å². The fraction of sp³-hybridized carbons (Fsp3) is 1.00. The molecule has 3 rings (SSSR count). The van der Waals surface area contributed by atoms with E-state index in [9.17, 15) is 0 Å². The van der Waals surface area contributed by atoms with Crippen molar-refractivity contribution in [2.24, 2.45) is 11.8 Å². The molecule has 1 saturated heterocycles. The van der Waals surface area contributed by atoms with Gasteiger partial charge in [-0.1, -0.05) is 6.42 Å². The topological polar surface area (TPSA) is 15.3 Å². The van der Waals surface area contributed by atoms with Crippen LogP contribution in [0.3, 0.4) is 0 Å². The first-order chi connectivity index (χ1) is 7.92. The monoisotopic (exact) mass is 222 g/mol. The van der Waals surface area contributed by atoms with E-state index in [2.05, 4.69) is 10.2 Å². The molecular formula is C14H26N2. The second-order valence-corrected chi connectivity index (χ2v) is 6.15. The second kappa shape index (κ2) is 5.05. The van der Waals surface area contributed by atoms with Gasteiger partial charge in [0.05, 0.1) is 0 Å². The smallest absolute Gasteiger partial charge is 0.00682 e. The quantitative estimate of drug-likeness (QED) is 0.693. The van der Waals surface area contributed by atoms with Gasteiger partial charge in [0.15, 0.2) is 0 Å². The van der Waals surface area contributed by atoms with Crippen LogP contribution in [0.25, 0.3) is 0 Å². The molecule has 0 aromatic rings. The zero-order valence-corrected chi connectivity index (χ0v) is 10.5. The lowest BCUT2D eigenvalue weighted by Crippen LogP contribution is -2.24. The van der Waals surface area contributed by atoms with E-state index in [1.165, 1.54) is 71.1 Å². The maximum Gasteiger partial charge on any atom is 0.00682 e. The van der Waals surface area contributed by atoms with Gasteiger partial charge in [0, 0.05) is 19.1 Å². The molecule has 3 fully saturated rings. The Bertz CT molecular complexity index is 213. The van der Waals surface area contributed by atoms with E-state index in [1.54, 1.807) is 0 Å². The van der Waals surface area contributed by atoms with Gasteiger partial charge in [-0.3, -0.25) is 0 Å². The van der Waals surface area contributed by atoms with E-state index >= 15 is 0 Å². The van der Waals surface area contributed by atoms with Crippen LogP contribution in [-0.4, -0.2) is 37.1 Å². The zero-order chi connectivity index (χ0) is 10.8. The van der Waals surface area contributed by atoms with Crippen LogP contribution in [0.1, 0.15) is 44.9 Å². The molecular weight excluding hydrogens is 196 g/mol. The molecule has 1 heterocycles. The molecule has 0 amide bonds. The molecule has 1 N–H and O–H groups in total. The number of hydrogen-bond acceptors (Lipinski definition) is 2. The average Bonchev–Trinajstić information content (AvgIpc) is 2.85. The van der Waals surface area contributed by atoms with Crippen LogP contribution < -0.4 is 5.32 Å². The summed E-state index contributed by atoms with van der Waals surface area (Å²) in [5.41, 5.74) is 0. The largest absolute Gasteiger partial charge is 0.314 e. The minimum Gasteiger partial charge on any atom is -0.314 e. The van der Waals surface area contributed by atoms with E-state index in [4.69, 9.17) is 0 Å². The summed E-state index contributed by atoms with van der Waals surface area (Å²) in [4.78, 5) is 2.73. The highest BCUT2D eigenvalue weighted by Gasteiger charge is 2.35. The third-order valence-corrected chi connectivity index (χ3v) is 4.71. The van der Waals surface area contributed by atoms with Gasteiger partial charge in [-0.15, -0.1) is 0 Å². The van der Waals surface area contributed by atoms with Crippen molar-refractivity contribution in [2.45, 2.75) is 51.0 Å². The minimum absolute atomic E-state index is 0.895. The summed E-state index contributed by atoms with van der Waals surface area (Å²) in [5.74, 6) is 2.15. The van der Waals surface area contributed by atoms with Crippen molar-refractivity contribution in [1.29, 1.82) is 0 Å². The number of unbranched alkanes of at least 4 members (excludes halogenated alkanes) is 1. The predicted molar refractivity (Wildman–Crippen MR) is 67.5 cm³/mol. The van der Waals surface area contributed by atoms with Crippen molar-refractivity contribution in [3.63, 3.8) is 0 Å².